The molecule has 0 aliphatic heterocycles. The smallest absolute Gasteiger partial charge is 0.229 e. The van der Waals surface area contributed by atoms with E-state index < -0.39 is 0 Å². The van der Waals surface area contributed by atoms with E-state index in [-0.39, 0.29) is 5.95 Å². The molecule has 3 heterocycles. The number of anilines is 2. The number of thiophene rings is 1. The van der Waals surface area contributed by atoms with E-state index in [9.17, 15) is 0 Å². The van der Waals surface area contributed by atoms with Gasteiger partial charge in [0.2, 0.25) is 11.9 Å². The summed E-state index contributed by atoms with van der Waals surface area (Å²) in [4.78, 5) is 23.0. The van der Waals surface area contributed by atoms with Crippen molar-refractivity contribution in [2.75, 3.05) is 24.7 Å². The molecule has 7 nitrogen and oxygen atoms in total. The standard InChI is InChI=1S/C12H13N7S2/c1-19(2)12-17-8(16-11(13)18-12)5-21-10-9-7(3-4-20-9)14-6-15-10/h3-4,6H,5H2,1-2H3,(H2,13,16,17,18). The molecular formula is C12H13N7S2. The second kappa shape index (κ2) is 5.78. The van der Waals surface area contributed by atoms with Gasteiger partial charge in [0, 0.05) is 14.1 Å². The minimum Gasteiger partial charge on any atom is -0.368 e. The zero-order chi connectivity index (χ0) is 14.8. The zero-order valence-electron chi connectivity index (χ0n) is 11.5. The SMILES string of the molecule is CN(C)c1nc(N)nc(CSc2ncnc3ccsc23)n1. The fourth-order valence-corrected chi connectivity index (χ4v) is 3.49. The van der Waals surface area contributed by atoms with E-state index in [2.05, 4.69) is 24.9 Å². The van der Waals surface area contributed by atoms with Gasteiger partial charge in [0.1, 0.15) is 17.2 Å². The normalized spacial score (nSPS) is 11.0. The second-order valence-corrected chi connectivity index (χ2v) is 6.29. The van der Waals surface area contributed by atoms with Crippen LogP contribution in [0.25, 0.3) is 10.2 Å². The van der Waals surface area contributed by atoms with Gasteiger partial charge in [-0.2, -0.15) is 15.0 Å². The molecule has 0 aliphatic carbocycles. The highest BCUT2D eigenvalue weighted by molar-refractivity contribution is 7.98. The summed E-state index contributed by atoms with van der Waals surface area (Å²) in [5.74, 6) is 2.01. The van der Waals surface area contributed by atoms with Gasteiger partial charge in [-0.1, -0.05) is 11.8 Å². The van der Waals surface area contributed by atoms with Crippen molar-refractivity contribution in [3.8, 4) is 0 Å². The first-order valence-corrected chi connectivity index (χ1v) is 7.99. The Balaban J connectivity index is 1.83. The number of hydrogen-bond donors (Lipinski definition) is 1. The van der Waals surface area contributed by atoms with Crippen molar-refractivity contribution in [1.29, 1.82) is 0 Å². The minimum absolute atomic E-state index is 0.230. The maximum atomic E-state index is 5.72. The van der Waals surface area contributed by atoms with E-state index >= 15 is 0 Å². The minimum atomic E-state index is 0.230. The number of rotatable bonds is 4. The molecule has 0 unspecified atom stereocenters. The Morgan fingerprint density at radius 1 is 1.24 bits per heavy atom. The van der Waals surface area contributed by atoms with Crippen molar-refractivity contribution in [2.45, 2.75) is 10.8 Å². The predicted octanol–water partition coefficient (Wildman–Crippen LogP) is 1.82. The van der Waals surface area contributed by atoms with Crippen LogP contribution >= 0.6 is 23.1 Å². The Kier molecular flexibility index (Phi) is 3.84. The third kappa shape index (κ3) is 3.03. The van der Waals surface area contributed by atoms with Crippen LogP contribution in [-0.2, 0) is 5.75 Å². The quantitative estimate of drug-likeness (QED) is 0.575. The first kappa shape index (κ1) is 14.0. The maximum Gasteiger partial charge on any atom is 0.229 e. The maximum absolute atomic E-state index is 5.72. The largest absolute Gasteiger partial charge is 0.368 e. The summed E-state index contributed by atoms with van der Waals surface area (Å²) >= 11 is 3.20. The third-order valence-corrected chi connectivity index (χ3v) is 4.66. The molecule has 3 rings (SSSR count). The van der Waals surface area contributed by atoms with Gasteiger partial charge in [0.25, 0.3) is 0 Å². The summed E-state index contributed by atoms with van der Waals surface area (Å²) in [6.07, 6.45) is 1.57. The number of nitrogen functional groups attached to an aromatic ring is 1. The predicted molar refractivity (Wildman–Crippen MR) is 85.5 cm³/mol. The summed E-state index contributed by atoms with van der Waals surface area (Å²) in [7, 11) is 3.73. The molecule has 9 heteroatoms. The van der Waals surface area contributed by atoms with Crippen molar-refractivity contribution >= 4 is 45.2 Å². The van der Waals surface area contributed by atoms with E-state index in [1.165, 1.54) is 0 Å². The molecule has 0 spiro atoms. The zero-order valence-corrected chi connectivity index (χ0v) is 13.1. The third-order valence-electron chi connectivity index (χ3n) is 2.64. The molecule has 0 amide bonds. The molecule has 0 aromatic carbocycles. The van der Waals surface area contributed by atoms with E-state index in [1.807, 2.05) is 25.5 Å². The van der Waals surface area contributed by atoms with Gasteiger partial charge in [-0.25, -0.2) is 9.97 Å². The lowest BCUT2D eigenvalue weighted by Crippen LogP contribution is -2.15. The Morgan fingerprint density at radius 3 is 2.90 bits per heavy atom. The number of nitrogens with zero attached hydrogens (tertiary/aromatic N) is 6. The lowest BCUT2D eigenvalue weighted by Gasteiger charge is -2.11. The highest BCUT2D eigenvalue weighted by Gasteiger charge is 2.10. The molecule has 0 radical (unpaired) electrons. The summed E-state index contributed by atoms with van der Waals surface area (Å²) < 4.78 is 1.08. The summed E-state index contributed by atoms with van der Waals surface area (Å²) in [5, 5.41) is 2.94. The van der Waals surface area contributed by atoms with E-state index in [0.717, 1.165) is 15.2 Å². The van der Waals surface area contributed by atoms with Crippen molar-refractivity contribution < 1.29 is 0 Å². The van der Waals surface area contributed by atoms with Crippen molar-refractivity contribution in [1.82, 2.24) is 24.9 Å². The molecular weight excluding hydrogens is 306 g/mol. The van der Waals surface area contributed by atoms with Crippen LogP contribution in [-0.4, -0.2) is 39.0 Å². The molecule has 0 saturated carbocycles. The van der Waals surface area contributed by atoms with E-state index in [0.29, 0.717) is 17.5 Å². The Bertz CT molecular complexity index is 771. The molecule has 3 aromatic rings. The van der Waals surface area contributed by atoms with Crippen LogP contribution in [0.1, 0.15) is 5.82 Å². The molecule has 3 aromatic heterocycles. The molecule has 0 atom stereocenters. The average molecular weight is 319 g/mol. The average Bonchev–Trinajstić information content (AvgIpc) is 2.93. The van der Waals surface area contributed by atoms with Crippen molar-refractivity contribution in [3.05, 3.63) is 23.6 Å². The lowest BCUT2D eigenvalue weighted by molar-refractivity contribution is 0.918. The molecule has 21 heavy (non-hydrogen) atoms. The lowest BCUT2D eigenvalue weighted by atomic mass is 10.5. The first-order chi connectivity index (χ1) is 10.1. The highest BCUT2D eigenvalue weighted by atomic mass is 32.2. The van der Waals surface area contributed by atoms with Crippen LogP contribution in [0.3, 0.4) is 0 Å². The van der Waals surface area contributed by atoms with Crippen molar-refractivity contribution in [2.24, 2.45) is 0 Å². The molecule has 2 N–H and O–H groups in total. The number of nitrogens with two attached hydrogens (primary N) is 1. The number of aromatic nitrogens is 5. The van der Waals surface area contributed by atoms with Crippen LogP contribution in [0.5, 0.6) is 0 Å². The fourth-order valence-electron chi connectivity index (χ4n) is 1.69. The fraction of sp³-hybridized carbons (Fsp3) is 0.250. The molecule has 0 bridgehead atoms. The van der Waals surface area contributed by atoms with Crippen LogP contribution in [0.2, 0.25) is 0 Å². The number of fused-ring (bicyclic) bond motifs is 1. The Hall–Kier alpha value is -2.00. The summed E-state index contributed by atoms with van der Waals surface area (Å²) in [6, 6.07) is 1.98. The summed E-state index contributed by atoms with van der Waals surface area (Å²) in [6.45, 7) is 0. The van der Waals surface area contributed by atoms with Crippen LogP contribution in [0.4, 0.5) is 11.9 Å². The molecule has 0 fully saturated rings. The van der Waals surface area contributed by atoms with Gasteiger partial charge in [0.05, 0.1) is 16.0 Å². The van der Waals surface area contributed by atoms with Gasteiger partial charge in [0.15, 0.2) is 0 Å². The Labute approximate surface area is 129 Å². The van der Waals surface area contributed by atoms with E-state index in [1.54, 1.807) is 34.3 Å². The molecule has 0 saturated heterocycles. The number of hydrogen-bond acceptors (Lipinski definition) is 9. The van der Waals surface area contributed by atoms with Crippen molar-refractivity contribution in [3.63, 3.8) is 0 Å². The second-order valence-electron chi connectivity index (χ2n) is 4.41. The van der Waals surface area contributed by atoms with Gasteiger partial charge in [-0.3, -0.25) is 0 Å². The number of thioether (sulfide) groups is 1. The monoisotopic (exact) mass is 319 g/mol. The molecule has 0 aliphatic rings. The van der Waals surface area contributed by atoms with Crippen LogP contribution in [0.15, 0.2) is 22.8 Å². The first-order valence-electron chi connectivity index (χ1n) is 6.12. The summed E-state index contributed by atoms with van der Waals surface area (Å²) in [5.41, 5.74) is 6.68. The van der Waals surface area contributed by atoms with Crippen LogP contribution < -0.4 is 10.6 Å². The topological polar surface area (TPSA) is 93.7 Å². The van der Waals surface area contributed by atoms with Gasteiger partial charge >= 0.3 is 0 Å². The van der Waals surface area contributed by atoms with Gasteiger partial charge in [-0.15, -0.1) is 11.3 Å². The Morgan fingerprint density at radius 2 is 2.10 bits per heavy atom. The van der Waals surface area contributed by atoms with E-state index in [4.69, 9.17) is 5.73 Å². The van der Waals surface area contributed by atoms with Gasteiger partial charge < -0.3 is 10.6 Å². The molecule has 108 valence electrons. The van der Waals surface area contributed by atoms with Gasteiger partial charge in [-0.05, 0) is 11.4 Å². The van der Waals surface area contributed by atoms with Crippen LogP contribution in [0, 0.1) is 0 Å². The highest BCUT2D eigenvalue weighted by Crippen LogP contribution is 2.30.